The van der Waals surface area contributed by atoms with Crippen molar-refractivity contribution in [2.75, 3.05) is 13.7 Å². The van der Waals surface area contributed by atoms with Gasteiger partial charge < -0.3 is 10.5 Å². The lowest BCUT2D eigenvalue weighted by Crippen LogP contribution is -2.31. The van der Waals surface area contributed by atoms with Crippen LogP contribution in [0.1, 0.15) is 24.8 Å². The molecule has 2 fully saturated rings. The molecule has 0 radical (unpaired) electrons. The second kappa shape index (κ2) is 4.23. The summed E-state index contributed by atoms with van der Waals surface area (Å²) in [6.45, 7) is 0.716. The molecule has 2 atom stereocenters. The van der Waals surface area contributed by atoms with Crippen molar-refractivity contribution in [1.82, 2.24) is 0 Å². The zero-order valence-electron chi connectivity index (χ0n) is 10.8. The van der Waals surface area contributed by atoms with Gasteiger partial charge in [-0.25, -0.2) is 4.39 Å². The molecule has 2 unspecified atom stereocenters. The van der Waals surface area contributed by atoms with Gasteiger partial charge in [-0.05, 0) is 67.2 Å². The quantitative estimate of drug-likeness (QED) is 0.890. The average Bonchev–Trinajstić information content (AvgIpc) is 2.98. The minimum atomic E-state index is -0.273. The van der Waals surface area contributed by atoms with E-state index in [9.17, 15) is 4.39 Å². The predicted octanol–water partition coefficient (Wildman–Crippen LogP) is 2.75. The fourth-order valence-corrected chi connectivity index (χ4v) is 3.64. The summed E-state index contributed by atoms with van der Waals surface area (Å²) in [5.41, 5.74) is 7.23. The van der Waals surface area contributed by atoms with Crippen molar-refractivity contribution < 1.29 is 9.13 Å². The van der Waals surface area contributed by atoms with Gasteiger partial charge in [0.25, 0.3) is 0 Å². The molecule has 3 rings (SSSR count). The Morgan fingerprint density at radius 3 is 2.67 bits per heavy atom. The first-order valence-electron chi connectivity index (χ1n) is 6.68. The predicted molar refractivity (Wildman–Crippen MR) is 69.0 cm³/mol. The maximum atomic E-state index is 13.7. The van der Waals surface area contributed by atoms with Crippen molar-refractivity contribution in [1.29, 1.82) is 0 Å². The van der Waals surface area contributed by atoms with Crippen LogP contribution in [0.25, 0.3) is 0 Å². The van der Waals surface area contributed by atoms with Crippen molar-refractivity contribution >= 4 is 0 Å². The summed E-state index contributed by atoms with van der Waals surface area (Å²) >= 11 is 0. The number of methoxy groups -OCH3 is 1. The smallest absolute Gasteiger partial charge is 0.165 e. The van der Waals surface area contributed by atoms with E-state index in [0.717, 1.165) is 23.8 Å². The Kier molecular flexibility index (Phi) is 2.81. The molecule has 1 aromatic carbocycles. The van der Waals surface area contributed by atoms with Crippen molar-refractivity contribution in [2.45, 2.75) is 25.7 Å². The SMILES string of the molecule is COc1ccc(CC2(CN)CC3CC3C2)cc1F. The van der Waals surface area contributed by atoms with E-state index in [1.165, 1.54) is 26.4 Å². The van der Waals surface area contributed by atoms with E-state index in [4.69, 9.17) is 10.5 Å². The van der Waals surface area contributed by atoms with Gasteiger partial charge in [0.1, 0.15) is 0 Å². The molecule has 18 heavy (non-hydrogen) atoms. The van der Waals surface area contributed by atoms with Crippen LogP contribution in [0.3, 0.4) is 0 Å². The molecule has 2 saturated carbocycles. The number of halogens is 1. The Hall–Kier alpha value is -1.09. The molecule has 1 aromatic rings. The fourth-order valence-electron chi connectivity index (χ4n) is 3.64. The monoisotopic (exact) mass is 249 g/mol. The Morgan fingerprint density at radius 2 is 2.11 bits per heavy atom. The van der Waals surface area contributed by atoms with E-state index < -0.39 is 0 Å². The van der Waals surface area contributed by atoms with E-state index in [0.29, 0.717) is 12.3 Å². The van der Waals surface area contributed by atoms with Crippen LogP contribution in [-0.4, -0.2) is 13.7 Å². The van der Waals surface area contributed by atoms with Gasteiger partial charge >= 0.3 is 0 Å². The van der Waals surface area contributed by atoms with Crippen LogP contribution in [0.2, 0.25) is 0 Å². The molecule has 0 bridgehead atoms. The van der Waals surface area contributed by atoms with Crippen molar-refractivity contribution in [3.05, 3.63) is 29.6 Å². The van der Waals surface area contributed by atoms with E-state index in [-0.39, 0.29) is 11.2 Å². The van der Waals surface area contributed by atoms with Crippen LogP contribution in [0.4, 0.5) is 4.39 Å². The van der Waals surface area contributed by atoms with Gasteiger partial charge in [0, 0.05) is 0 Å². The first-order valence-corrected chi connectivity index (χ1v) is 6.68. The third-order valence-electron chi connectivity index (χ3n) is 4.69. The summed E-state index contributed by atoms with van der Waals surface area (Å²) in [7, 11) is 1.49. The molecule has 2 aliphatic carbocycles. The second-order valence-electron chi connectivity index (χ2n) is 6.01. The fraction of sp³-hybridized carbons (Fsp3) is 0.600. The van der Waals surface area contributed by atoms with E-state index in [1.807, 2.05) is 6.07 Å². The van der Waals surface area contributed by atoms with Gasteiger partial charge in [0.2, 0.25) is 0 Å². The van der Waals surface area contributed by atoms with Gasteiger partial charge in [0.15, 0.2) is 11.6 Å². The average molecular weight is 249 g/mol. The molecule has 3 heteroatoms. The number of ether oxygens (including phenoxy) is 1. The first-order chi connectivity index (χ1) is 8.65. The third kappa shape index (κ3) is 2.01. The Morgan fingerprint density at radius 1 is 1.39 bits per heavy atom. The van der Waals surface area contributed by atoms with Crippen molar-refractivity contribution in [3.8, 4) is 5.75 Å². The lowest BCUT2D eigenvalue weighted by molar-refractivity contribution is 0.272. The maximum absolute atomic E-state index is 13.7. The Bertz CT molecular complexity index is 450. The molecular formula is C15H20FNO. The molecule has 2 N–H and O–H groups in total. The number of benzene rings is 1. The summed E-state index contributed by atoms with van der Waals surface area (Å²) in [5.74, 6) is 1.84. The lowest BCUT2D eigenvalue weighted by Gasteiger charge is -2.29. The Balaban J connectivity index is 1.77. The van der Waals surface area contributed by atoms with Crippen LogP contribution in [0.5, 0.6) is 5.75 Å². The summed E-state index contributed by atoms with van der Waals surface area (Å²) < 4.78 is 18.6. The molecule has 2 nitrogen and oxygen atoms in total. The normalized spacial score (nSPS) is 33.3. The van der Waals surface area contributed by atoms with Gasteiger partial charge in [-0.3, -0.25) is 0 Å². The highest BCUT2D eigenvalue weighted by molar-refractivity contribution is 5.30. The maximum Gasteiger partial charge on any atom is 0.165 e. The van der Waals surface area contributed by atoms with Crippen LogP contribution in [0, 0.1) is 23.1 Å². The highest BCUT2D eigenvalue weighted by Gasteiger charge is 2.52. The summed E-state index contributed by atoms with van der Waals surface area (Å²) in [6, 6.07) is 5.27. The molecule has 0 saturated heterocycles. The molecule has 0 aromatic heterocycles. The van der Waals surface area contributed by atoms with Crippen molar-refractivity contribution in [3.63, 3.8) is 0 Å². The summed E-state index contributed by atoms with van der Waals surface area (Å²) in [4.78, 5) is 0. The molecule has 98 valence electrons. The minimum absolute atomic E-state index is 0.217. The molecule has 0 heterocycles. The summed E-state index contributed by atoms with van der Waals surface area (Å²) in [5, 5.41) is 0. The standard InChI is InChI=1S/C15H20FNO/c1-18-14-3-2-10(4-13(14)16)6-15(9-17)7-11-5-12(11)8-15/h2-4,11-12H,5-9,17H2,1H3. The largest absolute Gasteiger partial charge is 0.494 e. The number of nitrogens with two attached hydrogens (primary N) is 1. The molecular weight excluding hydrogens is 229 g/mol. The van der Waals surface area contributed by atoms with Gasteiger partial charge in [-0.15, -0.1) is 0 Å². The van der Waals surface area contributed by atoms with Gasteiger partial charge in [-0.1, -0.05) is 6.07 Å². The molecule has 0 spiro atoms. The molecule has 0 aliphatic heterocycles. The minimum Gasteiger partial charge on any atom is -0.494 e. The number of fused-ring (bicyclic) bond motifs is 1. The van der Waals surface area contributed by atoms with Crippen molar-refractivity contribution in [2.24, 2.45) is 23.0 Å². The first kappa shape index (κ1) is 12.0. The van der Waals surface area contributed by atoms with Crippen LogP contribution in [0.15, 0.2) is 18.2 Å². The Labute approximate surface area is 107 Å². The zero-order valence-corrected chi connectivity index (χ0v) is 10.8. The zero-order chi connectivity index (χ0) is 12.8. The van der Waals surface area contributed by atoms with E-state index >= 15 is 0 Å². The third-order valence-corrected chi connectivity index (χ3v) is 4.69. The van der Waals surface area contributed by atoms with Gasteiger partial charge in [0.05, 0.1) is 7.11 Å². The molecule has 0 amide bonds. The highest BCUT2D eigenvalue weighted by Crippen LogP contribution is 2.60. The highest BCUT2D eigenvalue weighted by atomic mass is 19.1. The lowest BCUT2D eigenvalue weighted by atomic mass is 9.77. The van der Waals surface area contributed by atoms with Crippen LogP contribution < -0.4 is 10.5 Å². The van der Waals surface area contributed by atoms with E-state index in [2.05, 4.69) is 0 Å². The van der Waals surface area contributed by atoms with Crippen LogP contribution >= 0.6 is 0 Å². The second-order valence-corrected chi connectivity index (χ2v) is 6.01. The number of hydrogen-bond acceptors (Lipinski definition) is 2. The number of hydrogen-bond donors (Lipinski definition) is 1. The summed E-state index contributed by atoms with van der Waals surface area (Å²) in [6.07, 6.45) is 4.74. The van der Waals surface area contributed by atoms with E-state index in [1.54, 1.807) is 12.1 Å². The molecule has 2 aliphatic rings. The van der Waals surface area contributed by atoms with Gasteiger partial charge in [-0.2, -0.15) is 0 Å². The number of rotatable bonds is 4. The van der Waals surface area contributed by atoms with Crippen LogP contribution in [-0.2, 0) is 6.42 Å². The topological polar surface area (TPSA) is 35.2 Å².